The van der Waals surface area contributed by atoms with Crippen molar-refractivity contribution in [1.82, 2.24) is 20.4 Å². The number of hydrogen-bond acceptors (Lipinski definition) is 5. The van der Waals surface area contributed by atoms with Crippen LogP contribution in [0.15, 0.2) is 24.3 Å². The molecule has 3 rings (SSSR count). The minimum absolute atomic E-state index is 0.160. The lowest BCUT2D eigenvalue weighted by atomic mass is 9.92. The summed E-state index contributed by atoms with van der Waals surface area (Å²) < 4.78 is 18.1. The van der Waals surface area contributed by atoms with E-state index in [1.165, 1.54) is 31.2 Å². The highest BCUT2D eigenvalue weighted by Crippen LogP contribution is 2.28. The molecule has 0 saturated carbocycles. The summed E-state index contributed by atoms with van der Waals surface area (Å²) in [6.45, 7) is 4.05. The van der Waals surface area contributed by atoms with Crippen molar-refractivity contribution in [3.63, 3.8) is 0 Å². The Bertz CT molecular complexity index is 838. The molecule has 2 heterocycles. The molecule has 162 valence electrons. The lowest BCUT2D eigenvalue weighted by molar-refractivity contribution is -0.135. The van der Waals surface area contributed by atoms with Gasteiger partial charge in [-0.1, -0.05) is 12.1 Å². The molecule has 5 amide bonds. The minimum atomic E-state index is -1.37. The maximum absolute atomic E-state index is 13.2. The lowest BCUT2D eigenvalue weighted by Gasteiger charge is -2.31. The molecule has 0 radical (unpaired) electrons. The minimum Gasteiger partial charge on any atom is -0.450 e. The summed E-state index contributed by atoms with van der Waals surface area (Å²) in [6.07, 6.45) is 0.734. The van der Waals surface area contributed by atoms with Gasteiger partial charge < -0.3 is 20.3 Å². The third-order valence-corrected chi connectivity index (χ3v) is 5.38. The Morgan fingerprint density at radius 3 is 2.47 bits per heavy atom. The molecule has 1 aromatic rings. The summed E-state index contributed by atoms with van der Waals surface area (Å²) in [5.41, 5.74) is -0.938. The van der Waals surface area contributed by atoms with Crippen LogP contribution in [0.3, 0.4) is 0 Å². The molecule has 0 aliphatic carbocycles. The quantitative estimate of drug-likeness (QED) is 0.699. The molecule has 1 unspecified atom stereocenters. The molecule has 1 atom stereocenters. The fraction of sp³-hybridized carbons (Fsp3) is 0.500. The number of carbonyl (C=O) groups excluding carboxylic acids is 4. The second kappa shape index (κ2) is 8.68. The molecule has 0 aromatic heterocycles. The number of benzene rings is 1. The largest absolute Gasteiger partial charge is 0.450 e. The van der Waals surface area contributed by atoms with Gasteiger partial charge in [-0.2, -0.15) is 0 Å². The van der Waals surface area contributed by atoms with Gasteiger partial charge in [-0.3, -0.25) is 14.5 Å². The van der Waals surface area contributed by atoms with Gasteiger partial charge in [-0.25, -0.2) is 14.0 Å². The van der Waals surface area contributed by atoms with Crippen molar-refractivity contribution in [2.24, 2.45) is 0 Å². The number of nitrogens with one attached hydrogen (secondary N) is 2. The fourth-order valence-corrected chi connectivity index (χ4v) is 3.66. The van der Waals surface area contributed by atoms with E-state index in [-0.39, 0.29) is 12.1 Å². The zero-order valence-electron chi connectivity index (χ0n) is 16.9. The summed E-state index contributed by atoms with van der Waals surface area (Å²) in [5.74, 6) is -1.49. The van der Waals surface area contributed by atoms with E-state index in [1.54, 1.807) is 11.8 Å². The Morgan fingerprint density at radius 2 is 1.87 bits per heavy atom. The average Bonchev–Trinajstić information content (AvgIpc) is 2.93. The number of ether oxygens (including phenoxy) is 1. The molecular weight excluding hydrogens is 395 g/mol. The van der Waals surface area contributed by atoms with Crippen LogP contribution in [0.5, 0.6) is 0 Å². The van der Waals surface area contributed by atoms with Gasteiger partial charge in [0.1, 0.15) is 17.9 Å². The van der Waals surface area contributed by atoms with E-state index in [0.717, 1.165) is 4.90 Å². The van der Waals surface area contributed by atoms with Gasteiger partial charge in [0.15, 0.2) is 0 Å². The Hall–Kier alpha value is -3.17. The van der Waals surface area contributed by atoms with E-state index < -0.39 is 35.7 Å². The van der Waals surface area contributed by atoms with Gasteiger partial charge in [0.25, 0.3) is 5.91 Å². The Balaban J connectivity index is 1.55. The second-order valence-electron chi connectivity index (χ2n) is 7.48. The first-order valence-corrected chi connectivity index (χ1v) is 9.85. The number of carbonyl (C=O) groups is 4. The van der Waals surface area contributed by atoms with Gasteiger partial charge in [0.2, 0.25) is 5.91 Å². The Labute approximate surface area is 173 Å². The van der Waals surface area contributed by atoms with Crippen LogP contribution in [0.1, 0.15) is 32.3 Å². The van der Waals surface area contributed by atoms with Crippen molar-refractivity contribution in [2.75, 3.05) is 26.2 Å². The summed E-state index contributed by atoms with van der Waals surface area (Å²) in [4.78, 5) is 51.8. The molecule has 9 nitrogen and oxygen atoms in total. The van der Waals surface area contributed by atoms with E-state index in [1.807, 2.05) is 0 Å². The van der Waals surface area contributed by atoms with Crippen molar-refractivity contribution in [3.05, 3.63) is 35.6 Å². The Kier molecular flexibility index (Phi) is 6.23. The van der Waals surface area contributed by atoms with Crippen LogP contribution in [0.2, 0.25) is 0 Å². The molecule has 2 fully saturated rings. The molecule has 2 N–H and O–H groups in total. The topological polar surface area (TPSA) is 108 Å². The van der Waals surface area contributed by atoms with Crippen molar-refractivity contribution in [1.29, 1.82) is 0 Å². The van der Waals surface area contributed by atoms with E-state index in [4.69, 9.17) is 4.74 Å². The van der Waals surface area contributed by atoms with Crippen LogP contribution < -0.4 is 10.6 Å². The second-order valence-corrected chi connectivity index (χ2v) is 7.48. The first kappa shape index (κ1) is 21.5. The predicted octanol–water partition coefficient (Wildman–Crippen LogP) is 1.33. The molecular formula is C20H25FN4O5. The number of rotatable bonds is 5. The van der Waals surface area contributed by atoms with Crippen LogP contribution in [0, 0.1) is 5.82 Å². The zero-order chi connectivity index (χ0) is 21.9. The Morgan fingerprint density at radius 1 is 1.23 bits per heavy atom. The van der Waals surface area contributed by atoms with Crippen molar-refractivity contribution in [2.45, 2.75) is 38.3 Å². The average molecular weight is 420 g/mol. The highest BCUT2D eigenvalue weighted by Gasteiger charge is 2.49. The van der Waals surface area contributed by atoms with Gasteiger partial charge in [0, 0.05) is 19.1 Å². The summed E-state index contributed by atoms with van der Waals surface area (Å²) in [7, 11) is 0. The number of amides is 5. The molecule has 1 aromatic carbocycles. The van der Waals surface area contributed by atoms with E-state index in [2.05, 4.69) is 10.6 Å². The van der Waals surface area contributed by atoms with Gasteiger partial charge in [-0.15, -0.1) is 0 Å². The van der Waals surface area contributed by atoms with Crippen LogP contribution >= 0.6 is 0 Å². The van der Waals surface area contributed by atoms with E-state index in [0.29, 0.717) is 38.1 Å². The van der Waals surface area contributed by atoms with Gasteiger partial charge in [0.05, 0.1) is 6.61 Å². The third-order valence-electron chi connectivity index (χ3n) is 5.38. The SMILES string of the molecule is CCOC(=O)N1CCC(NC(=O)CN2C(=O)NC(C)(c3ccc(F)cc3)C2=O)CC1. The molecule has 2 aliphatic heterocycles. The maximum atomic E-state index is 13.2. The van der Waals surface area contributed by atoms with Gasteiger partial charge >= 0.3 is 12.1 Å². The zero-order valence-corrected chi connectivity index (χ0v) is 16.9. The third kappa shape index (κ3) is 4.37. The van der Waals surface area contributed by atoms with Crippen molar-refractivity contribution >= 4 is 23.9 Å². The number of imide groups is 1. The highest BCUT2D eigenvalue weighted by molar-refractivity contribution is 6.09. The molecule has 2 aliphatic rings. The number of nitrogens with zero attached hydrogens (tertiary/aromatic N) is 2. The van der Waals surface area contributed by atoms with Crippen LogP contribution in [0.25, 0.3) is 0 Å². The molecule has 0 bridgehead atoms. The van der Waals surface area contributed by atoms with Crippen LogP contribution in [-0.4, -0.2) is 66.0 Å². The number of halogens is 1. The molecule has 30 heavy (non-hydrogen) atoms. The molecule has 0 spiro atoms. The van der Waals surface area contributed by atoms with E-state index in [9.17, 15) is 23.6 Å². The van der Waals surface area contributed by atoms with Crippen molar-refractivity contribution in [3.8, 4) is 0 Å². The van der Waals surface area contributed by atoms with E-state index >= 15 is 0 Å². The fourth-order valence-electron chi connectivity index (χ4n) is 3.66. The van der Waals surface area contributed by atoms with Crippen LogP contribution in [0.4, 0.5) is 14.0 Å². The summed E-state index contributed by atoms with van der Waals surface area (Å²) >= 11 is 0. The monoisotopic (exact) mass is 420 g/mol. The predicted molar refractivity (Wildman–Crippen MR) is 104 cm³/mol. The number of piperidine rings is 1. The normalized spacial score (nSPS) is 22.1. The number of likely N-dealkylation sites (tertiary alicyclic amines) is 1. The highest BCUT2D eigenvalue weighted by atomic mass is 19.1. The summed E-state index contributed by atoms with van der Waals surface area (Å²) in [5, 5.41) is 5.39. The first-order chi connectivity index (χ1) is 14.2. The molecule has 10 heteroatoms. The number of urea groups is 1. The first-order valence-electron chi connectivity index (χ1n) is 9.85. The molecule has 2 saturated heterocycles. The van der Waals surface area contributed by atoms with Gasteiger partial charge in [-0.05, 0) is 44.4 Å². The van der Waals surface area contributed by atoms with Crippen molar-refractivity contribution < 1.29 is 28.3 Å². The lowest BCUT2D eigenvalue weighted by Crippen LogP contribution is -2.49. The summed E-state index contributed by atoms with van der Waals surface area (Å²) in [6, 6.07) is 4.42. The maximum Gasteiger partial charge on any atom is 0.409 e. The smallest absolute Gasteiger partial charge is 0.409 e. The standard InChI is InChI=1S/C20H25FN4O5/c1-3-30-19(29)24-10-8-15(9-11-24)22-16(26)12-25-17(27)20(2,23-18(25)28)13-4-6-14(21)7-5-13/h4-7,15H,3,8-12H2,1-2H3,(H,22,26)(H,23,28). The van der Waals surface area contributed by atoms with Crippen LogP contribution in [-0.2, 0) is 19.9 Å². The number of hydrogen-bond donors (Lipinski definition) is 2.